The number of aromatic nitrogens is 1. The van der Waals surface area contributed by atoms with Crippen LogP contribution in [0.3, 0.4) is 0 Å². The number of halogens is 1. The Hall–Kier alpha value is -1.55. The molecule has 0 aliphatic heterocycles. The Labute approximate surface area is 111 Å². The van der Waals surface area contributed by atoms with E-state index in [1.165, 1.54) is 12.1 Å². The molecule has 1 aromatic heterocycles. The van der Waals surface area contributed by atoms with Gasteiger partial charge in [0.1, 0.15) is 11.6 Å². The van der Waals surface area contributed by atoms with Crippen molar-refractivity contribution in [3.63, 3.8) is 0 Å². The van der Waals surface area contributed by atoms with Crippen LogP contribution in [0.1, 0.15) is 13.3 Å². The zero-order valence-electron chi connectivity index (χ0n) is 10.2. The Morgan fingerprint density at radius 2 is 1.94 bits per heavy atom. The van der Waals surface area contributed by atoms with Gasteiger partial charge in [-0.05, 0) is 42.8 Å². The second-order valence-corrected chi connectivity index (χ2v) is 5.01. The number of hydrogen-bond acceptors (Lipinski definition) is 3. The van der Waals surface area contributed by atoms with Gasteiger partial charge >= 0.3 is 0 Å². The van der Waals surface area contributed by atoms with Crippen molar-refractivity contribution >= 4 is 17.6 Å². The summed E-state index contributed by atoms with van der Waals surface area (Å²) in [4.78, 5) is 6.36. The molecular formula is C14H15FN2S. The van der Waals surface area contributed by atoms with Crippen LogP contribution in [0.4, 0.5) is 10.2 Å². The van der Waals surface area contributed by atoms with Gasteiger partial charge in [-0.3, -0.25) is 0 Å². The van der Waals surface area contributed by atoms with Gasteiger partial charge in [-0.2, -0.15) is 0 Å². The average molecular weight is 262 g/mol. The monoisotopic (exact) mass is 262 g/mol. The Bertz CT molecular complexity index is 499. The first-order valence-electron chi connectivity index (χ1n) is 5.91. The molecule has 4 heteroatoms. The van der Waals surface area contributed by atoms with Gasteiger partial charge in [-0.25, -0.2) is 9.37 Å². The van der Waals surface area contributed by atoms with Crippen LogP contribution in [-0.2, 0) is 0 Å². The second kappa shape index (κ2) is 6.40. The molecule has 0 spiro atoms. The van der Waals surface area contributed by atoms with E-state index in [1.807, 2.05) is 12.1 Å². The highest BCUT2D eigenvalue weighted by atomic mass is 32.2. The summed E-state index contributed by atoms with van der Waals surface area (Å²) in [6.07, 6.45) is 2.85. The highest BCUT2D eigenvalue weighted by Gasteiger charge is 2.00. The summed E-state index contributed by atoms with van der Waals surface area (Å²) in [7, 11) is 0. The van der Waals surface area contributed by atoms with Crippen molar-refractivity contribution in [1.29, 1.82) is 0 Å². The molecule has 0 amide bonds. The van der Waals surface area contributed by atoms with Crippen molar-refractivity contribution in [2.45, 2.75) is 23.1 Å². The largest absolute Gasteiger partial charge is 0.370 e. The first-order chi connectivity index (χ1) is 8.78. The normalized spacial score (nSPS) is 10.3. The fourth-order valence-electron chi connectivity index (χ4n) is 1.46. The minimum Gasteiger partial charge on any atom is -0.370 e. The predicted octanol–water partition coefficient (Wildman–Crippen LogP) is 4.19. The lowest BCUT2D eigenvalue weighted by Gasteiger charge is -2.06. The standard InChI is InChI=1S/C14H15FN2S/c1-2-8-16-14-10-13(7-9-17-14)18-12-5-3-11(15)4-6-12/h3-7,9-10H,2,8H2,1H3,(H,16,17). The summed E-state index contributed by atoms with van der Waals surface area (Å²) in [5.74, 6) is 0.670. The molecule has 1 heterocycles. The Kier molecular flexibility index (Phi) is 4.59. The number of hydrogen-bond donors (Lipinski definition) is 1. The maximum absolute atomic E-state index is 12.8. The molecular weight excluding hydrogens is 247 g/mol. The molecule has 0 fully saturated rings. The van der Waals surface area contributed by atoms with Gasteiger partial charge in [0.25, 0.3) is 0 Å². The van der Waals surface area contributed by atoms with Gasteiger partial charge < -0.3 is 5.32 Å². The zero-order chi connectivity index (χ0) is 12.8. The van der Waals surface area contributed by atoms with E-state index in [9.17, 15) is 4.39 Å². The molecule has 18 heavy (non-hydrogen) atoms. The number of anilines is 1. The van der Waals surface area contributed by atoms with Crippen molar-refractivity contribution in [3.8, 4) is 0 Å². The smallest absolute Gasteiger partial charge is 0.127 e. The zero-order valence-corrected chi connectivity index (χ0v) is 11.0. The molecule has 0 unspecified atom stereocenters. The van der Waals surface area contributed by atoms with E-state index in [0.717, 1.165) is 28.6 Å². The number of pyridine rings is 1. The van der Waals surface area contributed by atoms with Gasteiger partial charge in [0.2, 0.25) is 0 Å². The summed E-state index contributed by atoms with van der Waals surface area (Å²) < 4.78 is 12.8. The summed E-state index contributed by atoms with van der Waals surface area (Å²) >= 11 is 1.60. The van der Waals surface area contributed by atoms with Crippen LogP contribution in [0, 0.1) is 5.82 Å². The maximum atomic E-state index is 12.8. The van der Waals surface area contributed by atoms with Gasteiger partial charge in [0.05, 0.1) is 0 Å². The minimum absolute atomic E-state index is 0.209. The lowest BCUT2D eigenvalue weighted by molar-refractivity contribution is 0.626. The average Bonchev–Trinajstić information content (AvgIpc) is 2.40. The molecule has 2 nitrogen and oxygen atoms in total. The Morgan fingerprint density at radius 3 is 2.67 bits per heavy atom. The third-order valence-electron chi connectivity index (χ3n) is 2.34. The van der Waals surface area contributed by atoms with Gasteiger partial charge in [-0.15, -0.1) is 0 Å². The molecule has 0 radical (unpaired) electrons. The molecule has 2 aromatic rings. The molecule has 0 aliphatic carbocycles. The lowest BCUT2D eigenvalue weighted by atomic mass is 10.3. The Balaban J connectivity index is 2.06. The van der Waals surface area contributed by atoms with E-state index in [1.54, 1.807) is 30.1 Å². The van der Waals surface area contributed by atoms with Crippen molar-refractivity contribution in [1.82, 2.24) is 4.98 Å². The number of benzene rings is 1. The van der Waals surface area contributed by atoms with E-state index in [2.05, 4.69) is 17.2 Å². The SMILES string of the molecule is CCCNc1cc(Sc2ccc(F)cc2)ccn1. The van der Waals surface area contributed by atoms with E-state index in [4.69, 9.17) is 0 Å². The van der Waals surface area contributed by atoms with Crippen LogP contribution in [0.5, 0.6) is 0 Å². The van der Waals surface area contributed by atoms with E-state index < -0.39 is 0 Å². The van der Waals surface area contributed by atoms with Crippen LogP contribution in [0.25, 0.3) is 0 Å². The van der Waals surface area contributed by atoms with Crippen molar-refractivity contribution in [3.05, 3.63) is 48.4 Å². The van der Waals surface area contributed by atoms with Crippen LogP contribution >= 0.6 is 11.8 Å². The van der Waals surface area contributed by atoms with Crippen molar-refractivity contribution in [2.24, 2.45) is 0 Å². The Morgan fingerprint density at radius 1 is 1.17 bits per heavy atom. The fraction of sp³-hybridized carbons (Fsp3) is 0.214. The van der Waals surface area contributed by atoms with Crippen LogP contribution in [0.15, 0.2) is 52.4 Å². The molecule has 0 saturated carbocycles. The molecule has 1 N–H and O–H groups in total. The molecule has 94 valence electrons. The molecule has 0 atom stereocenters. The molecule has 0 bridgehead atoms. The highest BCUT2D eigenvalue weighted by molar-refractivity contribution is 7.99. The van der Waals surface area contributed by atoms with Crippen molar-refractivity contribution < 1.29 is 4.39 Å². The number of nitrogens with zero attached hydrogens (tertiary/aromatic N) is 1. The van der Waals surface area contributed by atoms with E-state index >= 15 is 0 Å². The third-order valence-corrected chi connectivity index (χ3v) is 3.33. The molecule has 1 aromatic carbocycles. The third kappa shape index (κ3) is 3.74. The van der Waals surface area contributed by atoms with Crippen LogP contribution in [-0.4, -0.2) is 11.5 Å². The first kappa shape index (κ1) is 12.9. The van der Waals surface area contributed by atoms with Crippen LogP contribution < -0.4 is 5.32 Å². The maximum Gasteiger partial charge on any atom is 0.127 e. The van der Waals surface area contributed by atoms with Gasteiger partial charge in [0.15, 0.2) is 0 Å². The summed E-state index contributed by atoms with van der Waals surface area (Å²) in [6.45, 7) is 3.03. The first-order valence-corrected chi connectivity index (χ1v) is 6.73. The minimum atomic E-state index is -0.209. The summed E-state index contributed by atoms with van der Waals surface area (Å²) in [6, 6.07) is 10.5. The molecule has 0 saturated heterocycles. The van der Waals surface area contributed by atoms with E-state index in [0.29, 0.717) is 0 Å². The van der Waals surface area contributed by atoms with Gasteiger partial charge in [0, 0.05) is 22.5 Å². The fourth-order valence-corrected chi connectivity index (χ4v) is 2.31. The highest BCUT2D eigenvalue weighted by Crippen LogP contribution is 2.28. The predicted molar refractivity (Wildman–Crippen MR) is 73.5 cm³/mol. The molecule has 2 rings (SSSR count). The lowest BCUT2D eigenvalue weighted by Crippen LogP contribution is -2.01. The van der Waals surface area contributed by atoms with Gasteiger partial charge in [-0.1, -0.05) is 18.7 Å². The van der Waals surface area contributed by atoms with E-state index in [-0.39, 0.29) is 5.82 Å². The molecule has 0 aliphatic rings. The quantitative estimate of drug-likeness (QED) is 0.874. The summed E-state index contributed by atoms with van der Waals surface area (Å²) in [5, 5.41) is 3.25. The topological polar surface area (TPSA) is 24.9 Å². The summed E-state index contributed by atoms with van der Waals surface area (Å²) in [5.41, 5.74) is 0. The van der Waals surface area contributed by atoms with Crippen molar-refractivity contribution in [2.75, 3.05) is 11.9 Å². The number of nitrogens with one attached hydrogen (secondary N) is 1. The van der Waals surface area contributed by atoms with Crippen LogP contribution in [0.2, 0.25) is 0 Å². The number of rotatable bonds is 5. The second-order valence-electron chi connectivity index (χ2n) is 3.86.